The predicted octanol–water partition coefficient (Wildman–Crippen LogP) is 8.22. The Hall–Kier alpha value is -4.34. The van der Waals surface area contributed by atoms with E-state index in [-0.39, 0.29) is 19.8 Å². The van der Waals surface area contributed by atoms with E-state index in [0.29, 0.717) is 29.9 Å². The van der Waals surface area contributed by atoms with Crippen molar-refractivity contribution in [1.82, 2.24) is 0 Å². The van der Waals surface area contributed by atoms with Gasteiger partial charge >= 0.3 is 0 Å². The number of aldehydes is 1. The quantitative estimate of drug-likeness (QED) is 0.110. The van der Waals surface area contributed by atoms with Gasteiger partial charge in [-0.2, -0.15) is 0 Å². The third-order valence-corrected chi connectivity index (χ3v) is 9.44. The van der Waals surface area contributed by atoms with Crippen molar-refractivity contribution in [3.8, 4) is 5.75 Å². The molecule has 1 N–H and O–H groups in total. The summed E-state index contributed by atoms with van der Waals surface area (Å²) in [5.74, 6) is -1.38. The summed E-state index contributed by atoms with van der Waals surface area (Å²) in [5, 5.41) is 13.4. The van der Waals surface area contributed by atoms with Gasteiger partial charge in [0.1, 0.15) is 24.1 Å². The lowest BCUT2D eigenvalue weighted by Gasteiger charge is -2.53. The Bertz CT molecular complexity index is 1840. The van der Waals surface area contributed by atoms with E-state index in [1.165, 1.54) is 0 Å². The first-order valence-corrected chi connectivity index (χ1v) is 17.5. The van der Waals surface area contributed by atoms with Crippen LogP contribution in [0, 0.1) is 0 Å². The smallest absolute Gasteiger partial charge is 0.223 e. The zero-order valence-electron chi connectivity index (χ0n) is 28.8. The van der Waals surface area contributed by atoms with Crippen molar-refractivity contribution in [2.45, 2.75) is 69.8 Å². The lowest BCUT2D eigenvalue weighted by molar-refractivity contribution is -0.388. The second-order valence-electron chi connectivity index (χ2n) is 12.9. The van der Waals surface area contributed by atoms with Gasteiger partial charge in [0.05, 0.1) is 26.4 Å². The molecule has 5 atom stereocenters. The van der Waals surface area contributed by atoms with Crippen LogP contribution in [0.4, 0.5) is 0 Å². The van der Waals surface area contributed by atoms with Crippen molar-refractivity contribution >= 4 is 17.9 Å². The molecule has 6 rings (SSSR count). The molecule has 8 heteroatoms. The maximum absolute atomic E-state index is 13.1. The van der Waals surface area contributed by atoms with Crippen LogP contribution in [0.3, 0.4) is 0 Å². The highest BCUT2D eigenvalue weighted by atomic mass is 35.5. The van der Waals surface area contributed by atoms with Crippen LogP contribution in [0.5, 0.6) is 5.75 Å². The minimum absolute atomic E-state index is 0.137. The van der Waals surface area contributed by atoms with E-state index in [1.54, 1.807) is 19.1 Å². The molecule has 0 aliphatic carbocycles. The highest BCUT2D eigenvalue weighted by Crippen LogP contribution is 2.45. The van der Waals surface area contributed by atoms with E-state index in [2.05, 4.69) is 0 Å². The highest BCUT2D eigenvalue weighted by molar-refractivity contribution is 6.31. The van der Waals surface area contributed by atoms with Crippen molar-refractivity contribution < 1.29 is 33.6 Å². The van der Waals surface area contributed by atoms with Crippen LogP contribution in [0.15, 0.2) is 133 Å². The summed E-state index contributed by atoms with van der Waals surface area (Å²) in [6, 6.07) is 42.1. The Balaban J connectivity index is 1.41. The molecule has 1 aliphatic rings. The van der Waals surface area contributed by atoms with E-state index in [9.17, 15) is 9.90 Å². The SMILES string of the molecule is CCOc1ccc(Cc2cc([C@]3(O)O[C@](C)(C=O)[C@@H](OCc4ccccc4)[C@H](OCc4ccccc4)[C@H]3OCc3ccccc3)ccc2Cl)cc1. The summed E-state index contributed by atoms with van der Waals surface area (Å²) in [7, 11) is 0. The lowest BCUT2D eigenvalue weighted by Crippen LogP contribution is -2.69. The van der Waals surface area contributed by atoms with Crippen LogP contribution in [0.1, 0.15) is 47.2 Å². The Labute approximate surface area is 304 Å². The van der Waals surface area contributed by atoms with Crippen molar-refractivity contribution in [1.29, 1.82) is 0 Å². The standard InChI is InChI=1S/C43H43ClO7/c1-3-47-37-22-19-31(20-23-37)25-35-26-36(21-24-38(35)44)43(46)41(50-29-34-17-11-6-12-18-34)39(48-27-32-13-7-4-8-14-32)40(42(2,30-45)51-43)49-28-33-15-9-5-10-16-33/h4-24,26,30,39-41,46H,3,25,27-29H2,1-2H3/t39-,40-,41+,42+,43-/m0/s1. The van der Waals surface area contributed by atoms with Gasteiger partial charge < -0.3 is 33.6 Å². The van der Waals surface area contributed by atoms with E-state index >= 15 is 0 Å². The molecule has 0 saturated carbocycles. The van der Waals surface area contributed by atoms with Gasteiger partial charge in [-0.05, 0) is 72.4 Å². The fraction of sp³-hybridized carbons (Fsp3) is 0.279. The molecule has 5 aromatic rings. The van der Waals surface area contributed by atoms with Crippen LogP contribution in [0.25, 0.3) is 0 Å². The molecular weight excluding hydrogens is 664 g/mol. The molecule has 0 aromatic heterocycles. The number of carbonyl (C=O) groups excluding carboxylic acids is 1. The topological polar surface area (TPSA) is 83.5 Å². The van der Waals surface area contributed by atoms with Crippen LogP contribution in [-0.4, -0.2) is 41.9 Å². The second-order valence-corrected chi connectivity index (χ2v) is 13.3. The molecule has 264 valence electrons. The molecule has 1 aliphatic heterocycles. The molecule has 51 heavy (non-hydrogen) atoms. The minimum Gasteiger partial charge on any atom is -0.494 e. The first-order valence-electron chi connectivity index (χ1n) is 17.2. The van der Waals surface area contributed by atoms with Gasteiger partial charge in [0.25, 0.3) is 0 Å². The van der Waals surface area contributed by atoms with Crippen molar-refractivity contribution in [2.75, 3.05) is 6.61 Å². The molecule has 0 unspecified atom stereocenters. The second kappa shape index (κ2) is 16.8. The average molecular weight is 707 g/mol. The number of ether oxygens (including phenoxy) is 5. The summed E-state index contributed by atoms with van der Waals surface area (Å²) >= 11 is 6.76. The van der Waals surface area contributed by atoms with Crippen LogP contribution >= 0.6 is 11.6 Å². The summed E-state index contributed by atoms with van der Waals surface area (Å²) in [5.41, 5.74) is 3.19. The summed E-state index contributed by atoms with van der Waals surface area (Å²) in [6.07, 6.45) is -1.91. The number of aliphatic hydroxyl groups is 1. The first-order chi connectivity index (χ1) is 24.8. The zero-order chi connectivity index (χ0) is 35.7. The molecule has 0 radical (unpaired) electrons. The number of hydrogen-bond donors (Lipinski definition) is 1. The number of carbonyl (C=O) groups is 1. The normalized spacial score (nSPS) is 23.1. The first kappa shape index (κ1) is 36.5. The van der Waals surface area contributed by atoms with Crippen molar-refractivity contribution in [2.24, 2.45) is 0 Å². The van der Waals surface area contributed by atoms with Crippen molar-refractivity contribution in [3.05, 3.63) is 172 Å². The van der Waals surface area contributed by atoms with Crippen LogP contribution < -0.4 is 4.74 Å². The molecule has 0 amide bonds. The molecule has 1 saturated heterocycles. The maximum Gasteiger partial charge on any atom is 0.223 e. The van der Waals surface area contributed by atoms with E-state index in [1.807, 2.05) is 128 Å². The summed E-state index contributed by atoms with van der Waals surface area (Å²) in [6.45, 7) is 4.63. The Morgan fingerprint density at radius 1 is 0.706 bits per heavy atom. The average Bonchev–Trinajstić information content (AvgIpc) is 3.16. The Morgan fingerprint density at radius 2 is 1.24 bits per heavy atom. The van der Waals surface area contributed by atoms with Gasteiger partial charge in [-0.3, -0.25) is 0 Å². The predicted molar refractivity (Wildman–Crippen MR) is 196 cm³/mol. The summed E-state index contributed by atoms with van der Waals surface area (Å²) in [4.78, 5) is 13.1. The molecule has 0 spiro atoms. The minimum atomic E-state index is -2.16. The van der Waals surface area contributed by atoms with Gasteiger partial charge in [0.2, 0.25) is 5.79 Å². The third-order valence-electron chi connectivity index (χ3n) is 9.08. The number of benzene rings is 5. The number of rotatable bonds is 15. The Morgan fingerprint density at radius 3 is 1.76 bits per heavy atom. The molecule has 0 bridgehead atoms. The van der Waals surface area contributed by atoms with Crippen LogP contribution in [-0.2, 0) is 55.8 Å². The molecule has 5 aromatic carbocycles. The Kier molecular flexibility index (Phi) is 12.0. The lowest BCUT2D eigenvalue weighted by atomic mass is 9.81. The van der Waals surface area contributed by atoms with Gasteiger partial charge in [-0.1, -0.05) is 121 Å². The van der Waals surface area contributed by atoms with Gasteiger partial charge in [-0.25, -0.2) is 0 Å². The molecular formula is C43H43ClO7. The van der Waals surface area contributed by atoms with Crippen molar-refractivity contribution in [3.63, 3.8) is 0 Å². The fourth-order valence-electron chi connectivity index (χ4n) is 6.43. The van der Waals surface area contributed by atoms with E-state index in [4.69, 9.17) is 35.3 Å². The van der Waals surface area contributed by atoms with E-state index in [0.717, 1.165) is 33.6 Å². The highest BCUT2D eigenvalue weighted by Gasteiger charge is 2.62. The third kappa shape index (κ3) is 8.76. The van der Waals surface area contributed by atoms with Gasteiger partial charge in [-0.15, -0.1) is 0 Å². The van der Waals surface area contributed by atoms with E-state index < -0.39 is 29.7 Å². The molecule has 7 nitrogen and oxygen atoms in total. The molecule has 1 fully saturated rings. The zero-order valence-corrected chi connectivity index (χ0v) is 29.6. The van der Waals surface area contributed by atoms with Gasteiger partial charge in [0, 0.05) is 10.6 Å². The maximum atomic E-state index is 13.1. The van der Waals surface area contributed by atoms with Crippen LogP contribution in [0.2, 0.25) is 5.02 Å². The number of hydrogen-bond acceptors (Lipinski definition) is 7. The molecule has 1 heterocycles. The summed E-state index contributed by atoms with van der Waals surface area (Å²) < 4.78 is 32.0. The fourth-order valence-corrected chi connectivity index (χ4v) is 6.61. The van der Waals surface area contributed by atoms with Gasteiger partial charge in [0.15, 0.2) is 11.9 Å². The largest absolute Gasteiger partial charge is 0.494 e. The monoisotopic (exact) mass is 706 g/mol. The number of halogens is 1.